The number of ketones is 3. The first-order valence-electron chi connectivity index (χ1n) is 19.8. The molecule has 17 nitrogen and oxygen atoms in total. The Morgan fingerprint density at radius 1 is 0.607 bits per heavy atom. The maximum atomic E-state index is 13.0. The smallest absolute Gasteiger partial charge is 0.306 e. The summed E-state index contributed by atoms with van der Waals surface area (Å²) in [5.41, 5.74) is 0. The van der Waals surface area contributed by atoms with Crippen LogP contribution in [0, 0.1) is 17.8 Å². The van der Waals surface area contributed by atoms with E-state index in [0.717, 1.165) is 0 Å². The minimum Gasteiger partial charge on any atom is -0.481 e. The second kappa shape index (κ2) is 31.3. The molecule has 0 bridgehead atoms. The normalized spacial score (nSPS) is 16.4. The first kappa shape index (κ1) is 50.2. The van der Waals surface area contributed by atoms with E-state index in [-0.39, 0.29) is 106 Å². The van der Waals surface area contributed by atoms with Crippen molar-refractivity contribution in [1.29, 1.82) is 0 Å². The van der Waals surface area contributed by atoms with Crippen molar-refractivity contribution < 1.29 is 72.6 Å². The van der Waals surface area contributed by atoms with E-state index in [1.165, 1.54) is 6.92 Å². The minimum absolute atomic E-state index is 0.0226. The lowest BCUT2D eigenvalue weighted by atomic mass is 9.78. The maximum absolute atomic E-state index is 13.0. The summed E-state index contributed by atoms with van der Waals surface area (Å²) in [6, 6.07) is -0.423. The van der Waals surface area contributed by atoms with Crippen LogP contribution in [0.2, 0.25) is 0 Å². The zero-order valence-electron chi connectivity index (χ0n) is 32.9. The largest absolute Gasteiger partial charge is 0.481 e. The standard InChI is InChI=1S/C39H64N2O15/c1-28(42)26-55-22-20-54-19-5-7-33(43)27-56-23-21-53-18-3-2-6-32(15-17-38(49)50)41-36(46)16-14-31(39(51)52)24-34(44)30-12-10-29(11-13-30)25-40-35(45)8-4-9-37(47)48/h29-32H,2-27H2,1H3,(H,40,45)(H,41,46)(H,47,48)(H,49,50)(H,51,52). The van der Waals surface area contributed by atoms with Crippen LogP contribution in [-0.4, -0.2) is 128 Å². The zero-order chi connectivity index (χ0) is 41.6. The van der Waals surface area contributed by atoms with Gasteiger partial charge in [-0.25, -0.2) is 0 Å². The molecule has 1 aliphatic rings. The van der Waals surface area contributed by atoms with Gasteiger partial charge >= 0.3 is 17.9 Å². The third kappa shape index (κ3) is 27.7. The number of hydrogen-bond donors (Lipinski definition) is 5. The highest BCUT2D eigenvalue weighted by atomic mass is 16.5. The van der Waals surface area contributed by atoms with E-state index < -0.39 is 35.8 Å². The second-order valence-electron chi connectivity index (χ2n) is 14.4. The molecule has 1 saturated carbocycles. The Morgan fingerprint density at radius 3 is 1.86 bits per heavy atom. The van der Waals surface area contributed by atoms with Gasteiger partial charge in [-0.3, -0.25) is 38.4 Å². The summed E-state index contributed by atoms with van der Waals surface area (Å²) in [7, 11) is 0. The van der Waals surface area contributed by atoms with Gasteiger partial charge in [-0.2, -0.15) is 0 Å². The number of Topliss-reactive ketones (excluding diaryl/α,β-unsaturated/α-hetero) is 3. The highest BCUT2D eigenvalue weighted by molar-refractivity contribution is 5.86. The Bertz CT molecular complexity index is 1220. The number of carboxylic acids is 3. The molecular formula is C39H64N2O15. The van der Waals surface area contributed by atoms with Crippen molar-refractivity contribution in [3.63, 3.8) is 0 Å². The van der Waals surface area contributed by atoms with E-state index in [1.54, 1.807) is 0 Å². The summed E-state index contributed by atoms with van der Waals surface area (Å²) in [5, 5.41) is 33.3. The van der Waals surface area contributed by atoms with Gasteiger partial charge in [0, 0.05) is 70.2 Å². The van der Waals surface area contributed by atoms with Gasteiger partial charge < -0.3 is 44.9 Å². The number of carbonyl (C=O) groups is 8. The number of hydrogen-bond acceptors (Lipinski definition) is 12. The number of aliphatic carboxylic acids is 3. The molecule has 0 aromatic heterocycles. The number of rotatable bonds is 36. The molecular weight excluding hydrogens is 736 g/mol. The van der Waals surface area contributed by atoms with Crippen LogP contribution in [0.1, 0.15) is 116 Å². The van der Waals surface area contributed by atoms with Crippen LogP contribution < -0.4 is 10.6 Å². The Labute approximate surface area is 329 Å². The number of nitrogens with one attached hydrogen (secondary N) is 2. The predicted molar refractivity (Wildman–Crippen MR) is 201 cm³/mol. The molecule has 1 aliphatic carbocycles. The summed E-state index contributed by atoms with van der Waals surface area (Å²) < 4.78 is 21.4. The number of amides is 2. The van der Waals surface area contributed by atoms with Gasteiger partial charge in [-0.05, 0) is 83.5 Å². The van der Waals surface area contributed by atoms with Gasteiger partial charge in [-0.15, -0.1) is 0 Å². The highest BCUT2D eigenvalue weighted by Crippen LogP contribution is 2.31. The van der Waals surface area contributed by atoms with E-state index in [2.05, 4.69) is 10.6 Å². The lowest BCUT2D eigenvalue weighted by Gasteiger charge is -2.28. The molecule has 2 atom stereocenters. The molecule has 17 heteroatoms. The van der Waals surface area contributed by atoms with Gasteiger partial charge in [0.2, 0.25) is 11.8 Å². The number of carbonyl (C=O) groups excluding carboxylic acids is 5. The van der Waals surface area contributed by atoms with Crippen LogP contribution in [0.15, 0.2) is 0 Å². The molecule has 0 spiro atoms. The average Bonchev–Trinajstić information content (AvgIpc) is 3.14. The molecule has 1 fully saturated rings. The maximum Gasteiger partial charge on any atom is 0.306 e. The fraction of sp³-hybridized carbons (Fsp3) is 0.795. The van der Waals surface area contributed by atoms with E-state index in [9.17, 15) is 43.5 Å². The molecule has 56 heavy (non-hydrogen) atoms. The summed E-state index contributed by atoms with van der Waals surface area (Å²) in [6.07, 6.45) is 5.31. The van der Waals surface area contributed by atoms with Crippen LogP contribution in [0.4, 0.5) is 0 Å². The van der Waals surface area contributed by atoms with Gasteiger partial charge in [0.05, 0.1) is 32.3 Å². The van der Waals surface area contributed by atoms with E-state index in [1.807, 2.05) is 0 Å². The van der Waals surface area contributed by atoms with Gasteiger partial charge in [0.25, 0.3) is 0 Å². The van der Waals surface area contributed by atoms with Crippen LogP contribution in [0.3, 0.4) is 0 Å². The molecule has 0 aromatic rings. The number of unbranched alkanes of at least 4 members (excludes halogenated alkanes) is 1. The van der Waals surface area contributed by atoms with Crippen LogP contribution in [0.5, 0.6) is 0 Å². The van der Waals surface area contributed by atoms with Crippen molar-refractivity contribution >= 4 is 47.1 Å². The van der Waals surface area contributed by atoms with Crippen LogP contribution in [0.25, 0.3) is 0 Å². The quantitative estimate of drug-likeness (QED) is 0.0571. The average molecular weight is 801 g/mol. The molecule has 0 saturated heterocycles. The molecule has 2 amide bonds. The fourth-order valence-corrected chi connectivity index (χ4v) is 6.23. The Morgan fingerprint density at radius 2 is 1.23 bits per heavy atom. The summed E-state index contributed by atoms with van der Waals surface area (Å²) >= 11 is 0. The minimum atomic E-state index is -1.16. The van der Waals surface area contributed by atoms with Crippen molar-refractivity contribution in [3.05, 3.63) is 0 Å². The van der Waals surface area contributed by atoms with E-state index in [0.29, 0.717) is 97.4 Å². The van der Waals surface area contributed by atoms with Crippen LogP contribution in [-0.2, 0) is 57.3 Å². The third-order valence-corrected chi connectivity index (χ3v) is 9.42. The van der Waals surface area contributed by atoms with E-state index in [4.69, 9.17) is 29.2 Å². The first-order chi connectivity index (χ1) is 26.8. The van der Waals surface area contributed by atoms with Crippen molar-refractivity contribution in [3.8, 4) is 0 Å². The van der Waals surface area contributed by atoms with Crippen molar-refractivity contribution in [1.82, 2.24) is 10.6 Å². The molecule has 0 aliphatic heterocycles. The van der Waals surface area contributed by atoms with Crippen molar-refractivity contribution in [2.24, 2.45) is 17.8 Å². The predicted octanol–water partition coefficient (Wildman–Crippen LogP) is 3.13. The van der Waals surface area contributed by atoms with E-state index >= 15 is 0 Å². The number of carboxylic acid groups (broad SMARTS) is 3. The molecule has 2 unspecified atom stereocenters. The summed E-state index contributed by atoms with van der Waals surface area (Å²) in [5.74, 6) is -5.09. The summed E-state index contributed by atoms with van der Waals surface area (Å²) in [6.45, 7) is 3.96. The second-order valence-corrected chi connectivity index (χ2v) is 14.4. The SMILES string of the molecule is CC(=O)COCCOCCCC(=O)COCCOCCCCC(CCC(=O)O)NC(=O)CCC(CC(=O)C1CCC(CNC(=O)CCCC(=O)O)CC1)C(=O)O. The zero-order valence-corrected chi connectivity index (χ0v) is 32.9. The van der Waals surface area contributed by atoms with Crippen molar-refractivity contribution in [2.45, 2.75) is 122 Å². The Balaban J connectivity index is 2.28. The molecule has 1 rings (SSSR count). The number of ether oxygens (including phenoxy) is 4. The van der Waals surface area contributed by atoms with Gasteiger partial charge in [-0.1, -0.05) is 0 Å². The lowest BCUT2D eigenvalue weighted by Crippen LogP contribution is -2.36. The molecule has 0 radical (unpaired) electrons. The molecule has 0 aromatic carbocycles. The highest BCUT2D eigenvalue weighted by Gasteiger charge is 2.30. The monoisotopic (exact) mass is 800 g/mol. The first-order valence-corrected chi connectivity index (χ1v) is 19.8. The summed E-state index contributed by atoms with van der Waals surface area (Å²) in [4.78, 5) is 94.3. The topological polar surface area (TPSA) is 258 Å². The molecule has 320 valence electrons. The molecule has 0 heterocycles. The third-order valence-electron chi connectivity index (χ3n) is 9.42. The lowest BCUT2D eigenvalue weighted by molar-refractivity contribution is -0.145. The fourth-order valence-electron chi connectivity index (χ4n) is 6.23. The molecule has 5 N–H and O–H groups in total. The Kier molecular flexibility index (Phi) is 28.1. The Hall–Kier alpha value is -3.80. The van der Waals surface area contributed by atoms with Gasteiger partial charge in [0.1, 0.15) is 19.0 Å². The van der Waals surface area contributed by atoms with Crippen molar-refractivity contribution in [2.75, 3.05) is 59.4 Å². The van der Waals surface area contributed by atoms with Gasteiger partial charge in [0.15, 0.2) is 11.6 Å². The van der Waals surface area contributed by atoms with Crippen LogP contribution >= 0.6 is 0 Å².